The SMILES string of the molecule is CNCC1(C)CCN(CC=C(C)C)C1. The molecule has 14 heavy (non-hydrogen) atoms. The Morgan fingerprint density at radius 2 is 2.21 bits per heavy atom. The maximum Gasteiger partial charge on any atom is 0.0165 e. The molecule has 82 valence electrons. The van der Waals surface area contributed by atoms with Gasteiger partial charge >= 0.3 is 0 Å². The van der Waals surface area contributed by atoms with Crippen LogP contribution in [0.4, 0.5) is 0 Å². The van der Waals surface area contributed by atoms with Gasteiger partial charge in [-0.25, -0.2) is 0 Å². The van der Waals surface area contributed by atoms with Crippen LogP contribution in [0.2, 0.25) is 0 Å². The fraction of sp³-hybridized carbons (Fsp3) is 0.833. The standard InChI is InChI=1S/C12H24N2/c1-11(2)5-7-14-8-6-12(3,10-14)9-13-4/h5,13H,6-10H2,1-4H3. The number of allylic oxidation sites excluding steroid dienone is 1. The molecular weight excluding hydrogens is 172 g/mol. The van der Waals surface area contributed by atoms with Crippen LogP contribution in [0.15, 0.2) is 11.6 Å². The van der Waals surface area contributed by atoms with Crippen LogP contribution in [-0.4, -0.2) is 38.1 Å². The minimum absolute atomic E-state index is 0.490. The van der Waals surface area contributed by atoms with Gasteiger partial charge in [0.05, 0.1) is 0 Å². The highest BCUT2D eigenvalue weighted by molar-refractivity contribution is 4.97. The van der Waals surface area contributed by atoms with Gasteiger partial charge in [0, 0.05) is 19.6 Å². The molecule has 1 aliphatic rings. The monoisotopic (exact) mass is 196 g/mol. The number of nitrogens with zero attached hydrogens (tertiary/aromatic N) is 1. The van der Waals surface area contributed by atoms with Gasteiger partial charge in [0.15, 0.2) is 0 Å². The second kappa shape index (κ2) is 4.94. The zero-order chi connectivity index (χ0) is 10.6. The van der Waals surface area contributed by atoms with Crippen LogP contribution in [0.25, 0.3) is 0 Å². The summed E-state index contributed by atoms with van der Waals surface area (Å²) in [6.45, 7) is 11.5. The first-order valence-electron chi connectivity index (χ1n) is 5.56. The van der Waals surface area contributed by atoms with Crippen molar-refractivity contribution in [3.8, 4) is 0 Å². The van der Waals surface area contributed by atoms with Gasteiger partial charge in [-0.1, -0.05) is 18.6 Å². The summed E-state index contributed by atoms with van der Waals surface area (Å²) < 4.78 is 0. The molecule has 1 fully saturated rings. The molecule has 1 atom stereocenters. The van der Waals surface area contributed by atoms with E-state index < -0.39 is 0 Å². The number of rotatable bonds is 4. The van der Waals surface area contributed by atoms with E-state index in [4.69, 9.17) is 0 Å². The summed E-state index contributed by atoms with van der Waals surface area (Å²) in [6, 6.07) is 0. The Labute approximate surface area is 88.4 Å². The lowest BCUT2D eigenvalue weighted by molar-refractivity contribution is 0.287. The number of likely N-dealkylation sites (tertiary alicyclic amines) is 1. The first-order valence-corrected chi connectivity index (χ1v) is 5.56. The summed E-state index contributed by atoms with van der Waals surface area (Å²) in [5.41, 5.74) is 1.91. The normalized spacial score (nSPS) is 28.0. The summed E-state index contributed by atoms with van der Waals surface area (Å²) in [5, 5.41) is 3.29. The van der Waals surface area contributed by atoms with Gasteiger partial charge in [-0.15, -0.1) is 0 Å². The van der Waals surface area contributed by atoms with Crippen molar-refractivity contribution < 1.29 is 0 Å². The number of hydrogen-bond donors (Lipinski definition) is 1. The van der Waals surface area contributed by atoms with Gasteiger partial charge in [-0.3, -0.25) is 4.90 Å². The molecule has 1 rings (SSSR count). The van der Waals surface area contributed by atoms with E-state index in [0.717, 1.165) is 13.1 Å². The Morgan fingerprint density at radius 3 is 2.79 bits per heavy atom. The fourth-order valence-electron chi connectivity index (χ4n) is 2.16. The van der Waals surface area contributed by atoms with Gasteiger partial charge in [-0.05, 0) is 39.3 Å². The van der Waals surface area contributed by atoms with Crippen LogP contribution in [0, 0.1) is 5.41 Å². The van der Waals surface area contributed by atoms with Crippen molar-refractivity contribution in [3.63, 3.8) is 0 Å². The summed E-state index contributed by atoms with van der Waals surface area (Å²) >= 11 is 0. The molecule has 1 saturated heterocycles. The molecule has 0 aromatic heterocycles. The first-order chi connectivity index (χ1) is 6.56. The lowest BCUT2D eigenvalue weighted by Gasteiger charge is -2.23. The molecule has 1 N–H and O–H groups in total. The van der Waals surface area contributed by atoms with Crippen LogP contribution in [0.3, 0.4) is 0 Å². The molecule has 0 spiro atoms. The van der Waals surface area contributed by atoms with Crippen molar-refractivity contribution in [2.24, 2.45) is 5.41 Å². The fourth-order valence-corrected chi connectivity index (χ4v) is 2.16. The third-order valence-corrected chi connectivity index (χ3v) is 3.00. The second-order valence-electron chi connectivity index (χ2n) is 5.11. The van der Waals surface area contributed by atoms with Crippen molar-refractivity contribution >= 4 is 0 Å². The highest BCUT2D eigenvalue weighted by Crippen LogP contribution is 2.28. The van der Waals surface area contributed by atoms with Gasteiger partial charge in [0.1, 0.15) is 0 Å². The molecule has 0 radical (unpaired) electrons. The maximum absolute atomic E-state index is 3.29. The smallest absolute Gasteiger partial charge is 0.0165 e. The highest BCUT2D eigenvalue weighted by atomic mass is 15.2. The van der Waals surface area contributed by atoms with Crippen molar-refractivity contribution in [2.45, 2.75) is 27.2 Å². The average Bonchev–Trinajstić information content (AvgIpc) is 2.45. The van der Waals surface area contributed by atoms with Crippen molar-refractivity contribution in [1.29, 1.82) is 0 Å². The van der Waals surface area contributed by atoms with E-state index in [1.54, 1.807) is 0 Å². The Hall–Kier alpha value is -0.340. The molecular formula is C12H24N2. The minimum atomic E-state index is 0.490. The van der Waals surface area contributed by atoms with Gasteiger partial charge < -0.3 is 5.32 Å². The minimum Gasteiger partial charge on any atom is -0.319 e. The second-order valence-corrected chi connectivity index (χ2v) is 5.11. The Morgan fingerprint density at radius 1 is 1.50 bits per heavy atom. The van der Waals surface area contributed by atoms with Crippen molar-refractivity contribution in [1.82, 2.24) is 10.2 Å². The summed E-state index contributed by atoms with van der Waals surface area (Å²) in [5.74, 6) is 0. The number of hydrogen-bond acceptors (Lipinski definition) is 2. The molecule has 0 aliphatic carbocycles. The van der Waals surface area contributed by atoms with E-state index in [9.17, 15) is 0 Å². The predicted molar refractivity (Wildman–Crippen MR) is 62.5 cm³/mol. The molecule has 1 heterocycles. The Kier molecular flexibility index (Phi) is 4.14. The van der Waals surface area contributed by atoms with Crippen LogP contribution in [0.5, 0.6) is 0 Å². The molecule has 0 aromatic rings. The van der Waals surface area contributed by atoms with Crippen LogP contribution in [-0.2, 0) is 0 Å². The van der Waals surface area contributed by atoms with Crippen molar-refractivity contribution in [2.75, 3.05) is 33.2 Å². The highest BCUT2D eigenvalue weighted by Gasteiger charge is 2.32. The van der Waals surface area contributed by atoms with Crippen LogP contribution < -0.4 is 5.32 Å². The lowest BCUT2D eigenvalue weighted by Crippen LogP contribution is -2.33. The molecule has 2 heteroatoms. The molecule has 2 nitrogen and oxygen atoms in total. The van der Waals surface area contributed by atoms with Gasteiger partial charge in [0.2, 0.25) is 0 Å². The third kappa shape index (κ3) is 3.43. The first kappa shape index (κ1) is 11.7. The summed E-state index contributed by atoms with van der Waals surface area (Å²) in [6.07, 6.45) is 3.65. The van der Waals surface area contributed by atoms with Gasteiger partial charge in [0.25, 0.3) is 0 Å². The number of nitrogens with one attached hydrogen (secondary N) is 1. The predicted octanol–water partition coefficient (Wildman–Crippen LogP) is 1.88. The third-order valence-electron chi connectivity index (χ3n) is 3.00. The van der Waals surface area contributed by atoms with E-state index in [0.29, 0.717) is 5.41 Å². The zero-order valence-electron chi connectivity index (χ0n) is 10.1. The Balaban J connectivity index is 2.37. The van der Waals surface area contributed by atoms with Crippen LogP contribution in [0.1, 0.15) is 27.2 Å². The Bertz CT molecular complexity index is 206. The molecule has 0 bridgehead atoms. The molecule has 1 unspecified atom stereocenters. The summed E-state index contributed by atoms with van der Waals surface area (Å²) in [7, 11) is 2.05. The molecule has 1 aliphatic heterocycles. The topological polar surface area (TPSA) is 15.3 Å². The van der Waals surface area contributed by atoms with E-state index in [1.165, 1.54) is 25.1 Å². The van der Waals surface area contributed by atoms with Gasteiger partial charge in [-0.2, -0.15) is 0 Å². The molecule has 0 aromatic carbocycles. The largest absolute Gasteiger partial charge is 0.319 e. The zero-order valence-corrected chi connectivity index (χ0v) is 10.1. The average molecular weight is 196 g/mol. The van der Waals surface area contributed by atoms with E-state index in [2.05, 4.69) is 37.1 Å². The molecule has 0 amide bonds. The quantitative estimate of drug-likeness (QED) is 0.691. The molecule has 0 saturated carbocycles. The van der Waals surface area contributed by atoms with E-state index in [1.807, 2.05) is 7.05 Å². The van der Waals surface area contributed by atoms with Crippen molar-refractivity contribution in [3.05, 3.63) is 11.6 Å². The van der Waals surface area contributed by atoms with E-state index in [-0.39, 0.29) is 0 Å². The lowest BCUT2D eigenvalue weighted by atomic mass is 9.90. The van der Waals surface area contributed by atoms with Crippen LogP contribution >= 0.6 is 0 Å². The maximum atomic E-state index is 3.29. The summed E-state index contributed by atoms with van der Waals surface area (Å²) in [4.78, 5) is 2.55. The van der Waals surface area contributed by atoms with E-state index >= 15 is 0 Å².